The fraction of sp³-hybridized carbons (Fsp3) is 0.167. The average molecular weight is 293 g/mol. The zero-order valence-corrected chi connectivity index (χ0v) is 11.6. The summed E-state index contributed by atoms with van der Waals surface area (Å²) in [5.74, 6) is -1.57. The zero-order chi connectivity index (χ0) is 14.5. The highest BCUT2D eigenvalue weighted by atomic mass is 32.1. The van der Waals surface area contributed by atoms with E-state index in [4.69, 9.17) is 0 Å². The summed E-state index contributed by atoms with van der Waals surface area (Å²) >= 11 is 1.08. The second-order valence-electron chi connectivity index (χ2n) is 3.62. The first kappa shape index (κ1) is 13.9. The fourth-order valence-corrected chi connectivity index (χ4v) is 2.04. The molecule has 0 unspecified atom stereocenters. The van der Waals surface area contributed by atoms with Gasteiger partial charge in [0, 0.05) is 6.20 Å². The number of nitrogens with zero attached hydrogens (tertiary/aromatic N) is 2. The monoisotopic (exact) mass is 293 g/mol. The maximum absolute atomic E-state index is 11.5. The van der Waals surface area contributed by atoms with Gasteiger partial charge in [0.25, 0.3) is 0 Å². The molecule has 0 aliphatic rings. The van der Waals surface area contributed by atoms with E-state index >= 15 is 0 Å². The number of carbonyl (C=O) groups is 2. The van der Waals surface area contributed by atoms with Gasteiger partial charge >= 0.3 is 11.9 Å². The second kappa shape index (κ2) is 6.11. The van der Waals surface area contributed by atoms with Crippen LogP contribution in [-0.4, -0.2) is 34.9 Å². The lowest BCUT2D eigenvalue weighted by Crippen LogP contribution is -2.17. The highest BCUT2D eigenvalue weighted by molar-refractivity contribution is 7.00. The van der Waals surface area contributed by atoms with Gasteiger partial charge in [-0.3, -0.25) is 0 Å². The molecule has 0 aliphatic carbocycles. The molecule has 0 amide bonds. The van der Waals surface area contributed by atoms with E-state index < -0.39 is 11.9 Å². The van der Waals surface area contributed by atoms with Crippen molar-refractivity contribution in [3.8, 4) is 0 Å². The maximum atomic E-state index is 11.5. The Morgan fingerprint density at radius 2 is 1.90 bits per heavy atom. The number of carbonyl (C=O) groups excluding carboxylic acids is 2. The number of hydrogen-bond acceptors (Lipinski definition) is 8. The quantitative estimate of drug-likeness (QED) is 0.393. The molecule has 0 spiro atoms. The summed E-state index contributed by atoms with van der Waals surface area (Å²) in [4.78, 5) is 23.0. The molecule has 1 aromatic heterocycles. The lowest BCUT2D eigenvalue weighted by atomic mass is 10.2. The Balaban J connectivity index is 2.31. The number of esters is 2. The van der Waals surface area contributed by atoms with Crippen LogP contribution < -0.4 is 5.32 Å². The van der Waals surface area contributed by atoms with Gasteiger partial charge in [0.15, 0.2) is 5.57 Å². The molecule has 0 aliphatic heterocycles. The van der Waals surface area contributed by atoms with Crippen molar-refractivity contribution < 1.29 is 19.1 Å². The van der Waals surface area contributed by atoms with Gasteiger partial charge in [-0.05, 0) is 12.1 Å². The van der Waals surface area contributed by atoms with Crippen LogP contribution in [0.25, 0.3) is 11.0 Å². The first-order valence-corrected chi connectivity index (χ1v) is 6.25. The van der Waals surface area contributed by atoms with Crippen molar-refractivity contribution in [1.82, 2.24) is 8.75 Å². The second-order valence-corrected chi connectivity index (χ2v) is 4.15. The SMILES string of the molecule is COC(=O)C(=CNc1cccc2nsnc12)C(=O)OC. The van der Waals surface area contributed by atoms with Crippen LogP contribution in [0.15, 0.2) is 30.0 Å². The van der Waals surface area contributed by atoms with Crippen LogP contribution in [0.4, 0.5) is 5.69 Å². The number of nitrogens with one attached hydrogen (secondary N) is 1. The summed E-state index contributed by atoms with van der Waals surface area (Å²) < 4.78 is 17.3. The van der Waals surface area contributed by atoms with Gasteiger partial charge in [0.05, 0.1) is 31.6 Å². The third-order valence-electron chi connectivity index (χ3n) is 2.47. The summed E-state index contributed by atoms with van der Waals surface area (Å²) in [5.41, 5.74) is 1.77. The molecule has 0 bridgehead atoms. The lowest BCUT2D eigenvalue weighted by Gasteiger charge is -2.05. The van der Waals surface area contributed by atoms with Crippen molar-refractivity contribution >= 4 is 40.4 Å². The van der Waals surface area contributed by atoms with Gasteiger partial charge in [0.1, 0.15) is 11.0 Å². The number of fused-ring (bicyclic) bond motifs is 1. The average Bonchev–Trinajstić information content (AvgIpc) is 2.95. The Bertz CT molecular complexity index is 662. The van der Waals surface area contributed by atoms with Crippen LogP contribution in [0.5, 0.6) is 0 Å². The number of methoxy groups -OCH3 is 2. The van der Waals surface area contributed by atoms with Gasteiger partial charge in [-0.2, -0.15) is 8.75 Å². The van der Waals surface area contributed by atoms with E-state index in [1.165, 1.54) is 20.4 Å². The van der Waals surface area contributed by atoms with E-state index in [0.717, 1.165) is 17.2 Å². The van der Waals surface area contributed by atoms with Crippen LogP contribution in [0.3, 0.4) is 0 Å². The van der Waals surface area contributed by atoms with Crippen LogP contribution in [0, 0.1) is 0 Å². The van der Waals surface area contributed by atoms with E-state index in [-0.39, 0.29) is 5.57 Å². The van der Waals surface area contributed by atoms with Crippen molar-refractivity contribution in [2.45, 2.75) is 0 Å². The minimum absolute atomic E-state index is 0.241. The maximum Gasteiger partial charge on any atom is 0.346 e. The number of anilines is 1. The summed E-state index contributed by atoms with van der Waals surface area (Å²) in [6.07, 6.45) is 1.23. The molecular weight excluding hydrogens is 282 g/mol. The van der Waals surface area contributed by atoms with Crippen molar-refractivity contribution in [2.24, 2.45) is 0 Å². The first-order chi connectivity index (χ1) is 9.67. The zero-order valence-electron chi connectivity index (χ0n) is 10.7. The summed E-state index contributed by atoms with van der Waals surface area (Å²) in [6.45, 7) is 0. The van der Waals surface area contributed by atoms with Gasteiger partial charge in [-0.25, -0.2) is 9.59 Å². The Hall–Kier alpha value is -2.48. The first-order valence-electron chi connectivity index (χ1n) is 5.52. The molecule has 1 aromatic carbocycles. The van der Waals surface area contributed by atoms with Crippen LogP contribution in [-0.2, 0) is 19.1 Å². The molecule has 20 heavy (non-hydrogen) atoms. The standard InChI is InChI=1S/C12H11N3O4S/c1-18-11(16)7(12(17)19-2)6-13-8-4-3-5-9-10(8)15-20-14-9/h3-6,13H,1-2H3. The molecule has 0 saturated heterocycles. The smallest absolute Gasteiger partial charge is 0.346 e. The van der Waals surface area contributed by atoms with E-state index in [9.17, 15) is 9.59 Å². The summed E-state index contributed by atoms with van der Waals surface area (Å²) in [6, 6.07) is 5.36. The van der Waals surface area contributed by atoms with Gasteiger partial charge < -0.3 is 14.8 Å². The predicted molar refractivity (Wildman–Crippen MR) is 73.2 cm³/mol. The Morgan fingerprint density at radius 3 is 2.55 bits per heavy atom. The molecule has 0 atom stereocenters. The molecule has 1 N–H and O–H groups in total. The molecule has 1 heterocycles. The van der Waals surface area contributed by atoms with E-state index in [1.54, 1.807) is 12.1 Å². The highest BCUT2D eigenvalue weighted by Gasteiger charge is 2.19. The van der Waals surface area contributed by atoms with Crippen LogP contribution in [0.2, 0.25) is 0 Å². The minimum atomic E-state index is -0.784. The molecule has 0 saturated carbocycles. The largest absolute Gasteiger partial charge is 0.465 e. The highest BCUT2D eigenvalue weighted by Crippen LogP contribution is 2.21. The van der Waals surface area contributed by atoms with E-state index in [0.29, 0.717) is 11.2 Å². The van der Waals surface area contributed by atoms with Crippen molar-refractivity contribution in [2.75, 3.05) is 19.5 Å². The minimum Gasteiger partial charge on any atom is -0.465 e. The van der Waals surface area contributed by atoms with Gasteiger partial charge in [0.2, 0.25) is 0 Å². The number of aromatic nitrogens is 2. The third-order valence-corrected chi connectivity index (χ3v) is 3.01. The van der Waals surface area contributed by atoms with E-state index in [2.05, 4.69) is 23.5 Å². The lowest BCUT2D eigenvalue weighted by molar-refractivity contribution is -0.144. The molecule has 8 heteroatoms. The number of benzene rings is 1. The normalized spacial score (nSPS) is 9.90. The van der Waals surface area contributed by atoms with Crippen LogP contribution >= 0.6 is 11.7 Å². The van der Waals surface area contributed by atoms with Gasteiger partial charge in [-0.1, -0.05) is 6.07 Å². The third kappa shape index (κ3) is 2.75. The van der Waals surface area contributed by atoms with Crippen molar-refractivity contribution in [3.05, 3.63) is 30.0 Å². The Kier molecular flexibility index (Phi) is 4.26. The molecule has 104 valence electrons. The number of rotatable bonds is 4. The van der Waals surface area contributed by atoms with Crippen molar-refractivity contribution in [3.63, 3.8) is 0 Å². The van der Waals surface area contributed by atoms with Gasteiger partial charge in [-0.15, -0.1) is 0 Å². The fourth-order valence-electron chi connectivity index (χ4n) is 1.49. The topological polar surface area (TPSA) is 90.4 Å². The number of hydrogen-bond donors (Lipinski definition) is 1. The summed E-state index contributed by atoms with van der Waals surface area (Å²) in [7, 11) is 2.37. The predicted octanol–water partition coefficient (Wildman–Crippen LogP) is 1.33. The molecule has 2 aromatic rings. The van der Waals surface area contributed by atoms with Crippen molar-refractivity contribution in [1.29, 1.82) is 0 Å². The van der Waals surface area contributed by atoms with E-state index in [1.807, 2.05) is 6.07 Å². The molecule has 0 fully saturated rings. The molecule has 0 radical (unpaired) electrons. The molecule has 7 nitrogen and oxygen atoms in total. The molecular formula is C12H11N3O4S. The Morgan fingerprint density at radius 1 is 1.20 bits per heavy atom. The summed E-state index contributed by atoms with van der Waals surface area (Å²) in [5, 5.41) is 2.84. The van der Waals surface area contributed by atoms with Crippen LogP contribution in [0.1, 0.15) is 0 Å². The Labute approximate surface area is 118 Å². The number of ether oxygens (including phenoxy) is 2. The molecule has 2 rings (SSSR count).